The van der Waals surface area contributed by atoms with Crippen molar-refractivity contribution in [2.45, 2.75) is 219 Å². The third kappa shape index (κ3) is 33.9. The van der Waals surface area contributed by atoms with Gasteiger partial charge in [-0.3, -0.25) is 4.79 Å². The molecule has 0 spiro atoms. The van der Waals surface area contributed by atoms with Gasteiger partial charge in [-0.25, -0.2) is 0 Å². The third-order valence-corrected chi connectivity index (χ3v) is 8.68. The Morgan fingerprint density at radius 3 is 1.12 bits per heavy atom. The van der Waals surface area contributed by atoms with Gasteiger partial charge in [0.15, 0.2) is 0 Å². The fourth-order valence-corrected chi connectivity index (χ4v) is 5.80. The van der Waals surface area contributed by atoms with E-state index in [1.54, 1.807) is 0 Å². The molecule has 0 fully saturated rings. The van der Waals surface area contributed by atoms with Gasteiger partial charge >= 0.3 is 5.97 Å². The number of ether oxygens (including phenoxy) is 2. The highest BCUT2D eigenvalue weighted by molar-refractivity contribution is 5.69. The van der Waals surface area contributed by atoms with Crippen LogP contribution in [-0.2, 0) is 14.3 Å². The second-order valence-electron chi connectivity index (χ2n) is 13.0. The lowest BCUT2D eigenvalue weighted by Gasteiger charge is -2.16. The fraction of sp³-hybridized carbons (Fsp3) is 0.974. The Labute approximate surface area is 263 Å². The Hall–Kier alpha value is -0.610. The molecular formula is C38H76O4. The molecule has 252 valence electrons. The van der Waals surface area contributed by atoms with Crippen molar-refractivity contribution in [1.29, 1.82) is 0 Å². The molecule has 0 saturated heterocycles. The molecule has 0 heterocycles. The summed E-state index contributed by atoms with van der Waals surface area (Å²) in [5, 5.41) is 9.53. The minimum absolute atomic E-state index is 0.164. The number of carbonyl (C=O) groups excluding carboxylic acids is 1. The number of hydrogen-bond donors (Lipinski definition) is 1. The molecule has 0 aliphatic rings. The summed E-state index contributed by atoms with van der Waals surface area (Å²) < 4.78 is 11.1. The van der Waals surface area contributed by atoms with Gasteiger partial charge in [0, 0.05) is 13.0 Å². The van der Waals surface area contributed by atoms with E-state index < -0.39 is 6.10 Å². The zero-order valence-corrected chi connectivity index (χ0v) is 28.8. The summed E-state index contributed by atoms with van der Waals surface area (Å²) >= 11 is 0. The summed E-state index contributed by atoms with van der Waals surface area (Å²) in [5.74, 6) is -0.199. The van der Waals surface area contributed by atoms with E-state index in [1.807, 2.05) is 0 Å². The maximum atomic E-state index is 12.1. The van der Waals surface area contributed by atoms with Gasteiger partial charge < -0.3 is 14.6 Å². The van der Waals surface area contributed by atoms with Gasteiger partial charge in [-0.1, -0.05) is 194 Å². The van der Waals surface area contributed by atoms with Crippen LogP contribution in [-0.4, -0.2) is 37.0 Å². The van der Waals surface area contributed by atoms with E-state index in [2.05, 4.69) is 13.8 Å². The Morgan fingerprint density at radius 1 is 0.476 bits per heavy atom. The lowest BCUT2D eigenvalue weighted by Crippen LogP contribution is -2.27. The van der Waals surface area contributed by atoms with Crippen molar-refractivity contribution >= 4 is 5.97 Å². The highest BCUT2D eigenvalue weighted by Crippen LogP contribution is 2.15. The average Bonchev–Trinajstić information content (AvgIpc) is 3.00. The number of hydrogen-bond acceptors (Lipinski definition) is 4. The van der Waals surface area contributed by atoms with Crippen LogP contribution in [0.2, 0.25) is 0 Å². The van der Waals surface area contributed by atoms with Crippen molar-refractivity contribution < 1.29 is 19.4 Å². The smallest absolute Gasteiger partial charge is 0.306 e. The van der Waals surface area contributed by atoms with E-state index in [1.165, 1.54) is 173 Å². The summed E-state index contributed by atoms with van der Waals surface area (Å²) in [7, 11) is 0. The summed E-state index contributed by atoms with van der Waals surface area (Å²) in [6.07, 6.45) is 40.2. The fourth-order valence-electron chi connectivity index (χ4n) is 5.80. The van der Waals surface area contributed by atoms with Gasteiger partial charge in [0.25, 0.3) is 0 Å². The second kappa shape index (κ2) is 36.6. The summed E-state index contributed by atoms with van der Waals surface area (Å²) in [4.78, 5) is 12.1. The van der Waals surface area contributed by atoms with Crippen LogP contribution in [0, 0.1) is 0 Å². The number of aliphatic hydroxyl groups is 1. The number of rotatable bonds is 36. The molecule has 0 radical (unpaired) electrons. The number of carbonyl (C=O) groups is 1. The molecule has 0 aliphatic carbocycles. The SMILES string of the molecule is CCCCCCCCCCCCCCCCCCCCCCCOCC(CO)OC(=O)CCCCCCCCCCC. The molecule has 4 nitrogen and oxygen atoms in total. The van der Waals surface area contributed by atoms with Crippen LogP contribution in [0.1, 0.15) is 213 Å². The first kappa shape index (κ1) is 41.4. The van der Waals surface area contributed by atoms with Crippen LogP contribution in [0.5, 0.6) is 0 Å². The van der Waals surface area contributed by atoms with Gasteiger partial charge in [0.05, 0.1) is 13.2 Å². The maximum absolute atomic E-state index is 12.1. The molecule has 0 bridgehead atoms. The minimum Gasteiger partial charge on any atom is -0.457 e. The van der Waals surface area contributed by atoms with E-state index in [4.69, 9.17) is 9.47 Å². The summed E-state index contributed by atoms with van der Waals surface area (Å²) in [6.45, 7) is 5.37. The van der Waals surface area contributed by atoms with Crippen molar-refractivity contribution in [3.05, 3.63) is 0 Å². The number of esters is 1. The van der Waals surface area contributed by atoms with Crippen molar-refractivity contribution in [3.8, 4) is 0 Å². The Balaban J connectivity index is 3.31. The zero-order valence-electron chi connectivity index (χ0n) is 28.8. The molecule has 0 amide bonds. The van der Waals surface area contributed by atoms with Crippen LogP contribution in [0.15, 0.2) is 0 Å². The average molecular weight is 597 g/mol. The first-order valence-corrected chi connectivity index (χ1v) is 19.1. The molecule has 0 saturated carbocycles. The molecule has 0 aromatic heterocycles. The van der Waals surface area contributed by atoms with E-state index >= 15 is 0 Å². The molecule has 1 unspecified atom stereocenters. The third-order valence-electron chi connectivity index (χ3n) is 8.68. The Bertz CT molecular complexity index is 509. The number of unbranched alkanes of at least 4 members (excludes halogenated alkanes) is 28. The molecule has 4 heteroatoms. The predicted octanol–water partition coefficient (Wildman–Crippen LogP) is 12.0. The Morgan fingerprint density at radius 2 is 0.786 bits per heavy atom. The monoisotopic (exact) mass is 597 g/mol. The van der Waals surface area contributed by atoms with Crippen molar-refractivity contribution in [2.75, 3.05) is 19.8 Å². The molecule has 0 aromatic carbocycles. The maximum Gasteiger partial charge on any atom is 0.306 e. The molecule has 1 atom stereocenters. The van der Waals surface area contributed by atoms with Crippen molar-refractivity contribution in [2.24, 2.45) is 0 Å². The predicted molar refractivity (Wildman–Crippen MR) is 182 cm³/mol. The first-order chi connectivity index (χ1) is 20.7. The van der Waals surface area contributed by atoms with E-state index in [-0.39, 0.29) is 12.6 Å². The van der Waals surface area contributed by atoms with Crippen LogP contribution in [0.3, 0.4) is 0 Å². The minimum atomic E-state index is -0.522. The normalized spacial score (nSPS) is 12.2. The van der Waals surface area contributed by atoms with Crippen molar-refractivity contribution in [3.63, 3.8) is 0 Å². The van der Waals surface area contributed by atoms with E-state index in [0.29, 0.717) is 19.6 Å². The van der Waals surface area contributed by atoms with E-state index in [0.717, 1.165) is 19.3 Å². The molecule has 0 rings (SSSR count). The van der Waals surface area contributed by atoms with Gasteiger partial charge in [-0.2, -0.15) is 0 Å². The number of aliphatic hydroxyl groups excluding tert-OH is 1. The Kier molecular flexibility index (Phi) is 36.0. The first-order valence-electron chi connectivity index (χ1n) is 19.1. The molecule has 0 aliphatic heterocycles. The standard InChI is InChI=1S/C38H76O4/c1-3-5-7-9-11-13-14-15-16-17-18-19-20-21-22-23-24-26-28-30-32-34-41-36-37(35-39)42-38(40)33-31-29-27-25-12-10-8-6-4-2/h37,39H,3-36H2,1-2H3. The van der Waals surface area contributed by atoms with Crippen LogP contribution in [0.25, 0.3) is 0 Å². The van der Waals surface area contributed by atoms with Crippen molar-refractivity contribution in [1.82, 2.24) is 0 Å². The molecule has 1 N–H and O–H groups in total. The highest BCUT2D eigenvalue weighted by Gasteiger charge is 2.13. The van der Waals surface area contributed by atoms with Gasteiger partial charge in [-0.05, 0) is 12.8 Å². The summed E-state index contributed by atoms with van der Waals surface area (Å²) in [6, 6.07) is 0. The van der Waals surface area contributed by atoms with Crippen LogP contribution in [0.4, 0.5) is 0 Å². The van der Waals surface area contributed by atoms with Gasteiger partial charge in [0.2, 0.25) is 0 Å². The van der Waals surface area contributed by atoms with Crippen LogP contribution >= 0.6 is 0 Å². The zero-order chi connectivity index (χ0) is 30.6. The van der Waals surface area contributed by atoms with Crippen LogP contribution < -0.4 is 0 Å². The largest absolute Gasteiger partial charge is 0.457 e. The highest BCUT2D eigenvalue weighted by atomic mass is 16.6. The quantitative estimate of drug-likeness (QED) is 0.0577. The summed E-state index contributed by atoms with van der Waals surface area (Å²) in [5.41, 5.74) is 0. The van der Waals surface area contributed by atoms with Gasteiger partial charge in [0.1, 0.15) is 6.10 Å². The topological polar surface area (TPSA) is 55.8 Å². The molecular weight excluding hydrogens is 520 g/mol. The van der Waals surface area contributed by atoms with E-state index in [9.17, 15) is 9.90 Å². The molecule has 42 heavy (non-hydrogen) atoms. The lowest BCUT2D eigenvalue weighted by molar-refractivity contribution is -0.154. The second-order valence-corrected chi connectivity index (χ2v) is 13.0. The lowest BCUT2D eigenvalue weighted by atomic mass is 10.0. The van der Waals surface area contributed by atoms with Gasteiger partial charge in [-0.15, -0.1) is 0 Å². The molecule has 0 aromatic rings.